The van der Waals surface area contributed by atoms with Crippen LogP contribution in [0.15, 0.2) is 42.7 Å². The Morgan fingerprint density at radius 2 is 2.00 bits per heavy atom. The van der Waals surface area contributed by atoms with Crippen LogP contribution < -0.4 is 16.4 Å². The Bertz CT molecular complexity index is 1490. The van der Waals surface area contributed by atoms with Crippen molar-refractivity contribution >= 4 is 35.1 Å². The van der Waals surface area contributed by atoms with Gasteiger partial charge in [0.15, 0.2) is 0 Å². The topological polar surface area (TPSA) is 119 Å². The van der Waals surface area contributed by atoms with Crippen LogP contribution >= 0.6 is 0 Å². The molecule has 40 heavy (non-hydrogen) atoms. The van der Waals surface area contributed by atoms with E-state index in [1.807, 2.05) is 36.7 Å². The van der Waals surface area contributed by atoms with E-state index in [1.165, 1.54) is 17.7 Å². The number of nitrogens with one attached hydrogen (secondary N) is 2. The highest BCUT2D eigenvalue weighted by atomic mass is 19.1. The molecule has 3 amide bonds. The summed E-state index contributed by atoms with van der Waals surface area (Å²) >= 11 is 0. The third-order valence-corrected chi connectivity index (χ3v) is 7.89. The predicted molar refractivity (Wildman–Crippen MR) is 152 cm³/mol. The third-order valence-electron chi connectivity index (χ3n) is 7.89. The summed E-state index contributed by atoms with van der Waals surface area (Å²) in [4.78, 5) is 41.5. The molecule has 2 unspecified atom stereocenters. The summed E-state index contributed by atoms with van der Waals surface area (Å²) in [5.74, 6) is -0.824. The monoisotopic (exact) mass is 543 g/mol. The van der Waals surface area contributed by atoms with Crippen LogP contribution in [0, 0.1) is 19.7 Å². The summed E-state index contributed by atoms with van der Waals surface area (Å²) in [7, 11) is 0. The lowest BCUT2D eigenvalue weighted by Crippen LogP contribution is -2.26. The number of carbonyl (C=O) groups is 3. The first kappa shape index (κ1) is 27.3. The van der Waals surface area contributed by atoms with Crippen LogP contribution in [0.2, 0.25) is 0 Å². The van der Waals surface area contributed by atoms with Crippen molar-refractivity contribution in [2.45, 2.75) is 70.9 Å². The van der Waals surface area contributed by atoms with Gasteiger partial charge in [0.25, 0.3) is 11.8 Å². The van der Waals surface area contributed by atoms with E-state index in [0.717, 1.165) is 37.8 Å². The van der Waals surface area contributed by atoms with E-state index < -0.39 is 11.7 Å². The molecule has 4 N–H and O–H groups in total. The van der Waals surface area contributed by atoms with Crippen molar-refractivity contribution in [3.05, 3.63) is 82.2 Å². The first-order chi connectivity index (χ1) is 19.2. The van der Waals surface area contributed by atoms with Crippen molar-refractivity contribution in [1.29, 1.82) is 0 Å². The number of hydrogen-bond acceptors (Lipinski definition) is 4. The summed E-state index contributed by atoms with van der Waals surface area (Å²) in [6, 6.07) is 8.35. The van der Waals surface area contributed by atoms with Crippen LogP contribution in [0.3, 0.4) is 0 Å². The molecule has 3 heterocycles. The van der Waals surface area contributed by atoms with E-state index in [0.29, 0.717) is 52.5 Å². The highest BCUT2D eigenvalue weighted by molar-refractivity contribution is 6.35. The fourth-order valence-corrected chi connectivity index (χ4v) is 5.70. The Labute approximate surface area is 232 Å². The third kappa shape index (κ3) is 5.68. The van der Waals surface area contributed by atoms with Gasteiger partial charge in [0.1, 0.15) is 5.82 Å². The summed E-state index contributed by atoms with van der Waals surface area (Å²) in [5, 5.41) is 5.89. The largest absolute Gasteiger partial charge is 0.366 e. The molecule has 0 spiro atoms. The van der Waals surface area contributed by atoms with E-state index in [-0.39, 0.29) is 17.9 Å². The maximum absolute atomic E-state index is 13.9. The van der Waals surface area contributed by atoms with Gasteiger partial charge in [-0.3, -0.25) is 19.4 Å². The number of amides is 3. The first-order valence-electron chi connectivity index (χ1n) is 13.8. The number of primary amides is 1. The van der Waals surface area contributed by atoms with Crippen LogP contribution in [0.1, 0.15) is 82.9 Å². The van der Waals surface area contributed by atoms with Crippen molar-refractivity contribution in [2.75, 3.05) is 5.32 Å². The van der Waals surface area contributed by atoms with Crippen LogP contribution in [-0.2, 0) is 16.1 Å². The summed E-state index contributed by atoms with van der Waals surface area (Å²) in [6.07, 6.45) is 10.2. The molecule has 1 aliphatic heterocycles. The minimum absolute atomic E-state index is 0.0832. The standard InChI is InChI=1S/C31H34FN5O3/c1-18-27(16-24-23-14-21(32)10-11-25(23)36-31(24)40)37(19(2)29(18)30(33)39)13-6-4-3-5-9-28(38)35-26-15-22(26)20-8-7-12-34-17-20/h7-8,10-12,14,16-17,22,26H,3-6,9,13,15H2,1-2H3,(H2,33,39)(H,35,38)(H,36,40)/b24-16-. The SMILES string of the molecule is Cc1c(C(N)=O)c(C)n(CCCCCCC(=O)NC2CC2c2cccnc2)c1/C=C1\C(=O)Nc2ccc(F)cc21. The number of anilines is 1. The maximum Gasteiger partial charge on any atom is 0.256 e. The fourth-order valence-electron chi connectivity index (χ4n) is 5.70. The number of unbranched alkanes of at least 4 members (excludes halogenated alkanes) is 3. The van der Waals surface area contributed by atoms with Gasteiger partial charge in [-0.05, 0) is 74.6 Å². The number of fused-ring (bicyclic) bond motifs is 1. The molecular formula is C31H34FN5O3. The molecule has 3 aromatic rings. The number of nitrogens with zero attached hydrogens (tertiary/aromatic N) is 2. The summed E-state index contributed by atoms with van der Waals surface area (Å²) < 4.78 is 16.0. The number of halogens is 1. The van der Waals surface area contributed by atoms with E-state index in [1.54, 1.807) is 18.3 Å². The fraction of sp³-hybridized carbons (Fsp3) is 0.355. The minimum atomic E-state index is -0.525. The molecule has 0 bridgehead atoms. The Morgan fingerprint density at radius 3 is 2.75 bits per heavy atom. The molecule has 1 aromatic carbocycles. The number of nitrogens with two attached hydrogens (primary N) is 1. The van der Waals surface area contributed by atoms with Gasteiger partial charge < -0.3 is 20.9 Å². The molecule has 9 heteroatoms. The number of hydrogen-bond donors (Lipinski definition) is 3. The average Bonchev–Trinajstić information content (AvgIpc) is 3.56. The molecule has 2 aliphatic rings. The Morgan fingerprint density at radius 1 is 1.20 bits per heavy atom. The number of rotatable bonds is 11. The smallest absolute Gasteiger partial charge is 0.256 e. The highest BCUT2D eigenvalue weighted by Gasteiger charge is 2.39. The molecule has 2 aromatic heterocycles. The average molecular weight is 544 g/mol. The van der Waals surface area contributed by atoms with Crippen LogP contribution in [0.4, 0.5) is 10.1 Å². The van der Waals surface area contributed by atoms with Crippen molar-refractivity contribution < 1.29 is 18.8 Å². The minimum Gasteiger partial charge on any atom is -0.366 e. The Hall–Kier alpha value is -4.27. The number of pyridine rings is 1. The zero-order valence-electron chi connectivity index (χ0n) is 22.8. The second-order valence-corrected chi connectivity index (χ2v) is 10.7. The van der Waals surface area contributed by atoms with Crippen LogP contribution in [-0.4, -0.2) is 33.3 Å². The highest BCUT2D eigenvalue weighted by Crippen LogP contribution is 2.40. The van der Waals surface area contributed by atoms with Gasteiger partial charge in [0, 0.05) is 60.0 Å². The molecule has 5 rings (SSSR count). The number of benzene rings is 1. The van der Waals surface area contributed by atoms with Gasteiger partial charge in [-0.25, -0.2) is 4.39 Å². The second-order valence-electron chi connectivity index (χ2n) is 10.7. The van der Waals surface area contributed by atoms with Gasteiger partial charge >= 0.3 is 0 Å². The summed E-state index contributed by atoms with van der Waals surface area (Å²) in [5.41, 5.74) is 10.8. The quantitative estimate of drug-likeness (QED) is 0.237. The maximum atomic E-state index is 13.9. The Balaban J connectivity index is 1.18. The normalized spacial score (nSPS) is 18.5. The lowest BCUT2D eigenvalue weighted by Gasteiger charge is -2.11. The molecule has 0 radical (unpaired) electrons. The zero-order chi connectivity index (χ0) is 28.4. The van der Waals surface area contributed by atoms with E-state index in [9.17, 15) is 18.8 Å². The van der Waals surface area contributed by atoms with Gasteiger partial charge in [0.05, 0.1) is 11.1 Å². The van der Waals surface area contributed by atoms with Crippen molar-refractivity contribution in [3.63, 3.8) is 0 Å². The summed E-state index contributed by atoms with van der Waals surface area (Å²) in [6.45, 7) is 4.28. The van der Waals surface area contributed by atoms with Crippen LogP contribution in [0.25, 0.3) is 11.6 Å². The molecule has 2 atom stereocenters. The first-order valence-corrected chi connectivity index (χ1v) is 13.8. The lowest BCUT2D eigenvalue weighted by molar-refractivity contribution is -0.121. The van der Waals surface area contributed by atoms with Crippen molar-refractivity contribution in [3.8, 4) is 0 Å². The molecule has 8 nitrogen and oxygen atoms in total. The molecule has 1 saturated carbocycles. The molecular weight excluding hydrogens is 509 g/mol. The second kappa shape index (κ2) is 11.5. The van der Waals surface area contributed by atoms with E-state index in [4.69, 9.17) is 5.73 Å². The van der Waals surface area contributed by atoms with Crippen molar-refractivity contribution in [1.82, 2.24) is 14.9 Å². The Kier molecular flexibility index (Phi) is 7.82. The van der Waals surface area contributed by atoms with Gasteiger partial charge in [-0.15, -0.1) is 0 Å². The lowest BCUT2D eigenvalue weighted by atomic mass is 10.0. The van der Waals surface area contributed by atoms with E-state index >= 15 is 0 Å². The predicted octanol–water partition coefficient (Wildman–Crippen LogP) is 4.85. The molecule has 1 aliphatic carbocycles. The van der Waals surface area contributed by atoms with Gasteiger partial charge in [0.2, 0.25) is 5.91 Å². The molecule has 208 valence electrons. The van der Waals surface area contributed by atoms with Crippen LogP contribution in [0.5, 0.6) is 0 Å². The number of aromatic nitrogens is 2. The molecule has 1 fully saturated rings. The van der Waals surface area contributed by atoms with Crippen molar-refractivity contribution in [2.24, 2.45) is 5.73 Å². The number of carbonyl (C=O) groups excluding carboxylic acids is 3. The van der Waals surface area contributed by atoms with Gasteiger partial charge in [-0.2, -0.15) is 0 Å². The zero-order valence-corrected chi connectivity index (χ0v) is 22.8. The molecule has 0 saturated heterocycles. The van der Waals surface area contributed by atoms with E-state index in [2.05, 4.69) is 15.6 Å². The van der Waals surface area contributed by atoms with Gasteiger partial charge in [-0.1, -0.05) is 18.9 Å².